The maximum absolute atomic E-state index is 11.4. The molecule has 1 atom stereocenters. The third-order valence-electron chi connectivity index (χ3n) is 6.04. The lowest BCUT2D eigenvalue weighted by Gasteiger charge is -2.22. The van der Waals surface area contributed by atoms with Crippen LogP contribution in [0, 0.1) is 5.92 Å². The van der Waals surface area contributed by atoms with Gasteiger partial charge < -0.3 is 10.5 Å². The van der Waals surface area contributed by atoms with E-state index in [1.165, 1.54) is 36.8 Å². The summed E-state index contributed by atoms with van der Waals surface area (Å²) in [6, 6.07) is 22.0. The second-order valence-corrected chi connectivity index (χ2v) is 8.10. The van der Waals surface area contributed by atoms with Crippen molar-refractivity contribution in [3.8, 4) is 5.75 Å². The van der Waals surface area contributed by atoms with Gasteiger partial charge in [-0.25, -0.2) is 0 Å². The third-order valence-corrected chi connectivity index (χ3v) is 6.04. The highest BCUT2D eigenvalue weighted by Crippen LogP contribution is 2.38. The molecule has 0 bridgehead atoms. The van der Waals surface area contributed by atoms with E-state index in [1.54, 1.807) is 6.20 Å². The lowest BCUT2D eigenvalue weighted by Crippen LogP contribution is -2.11. The maximum atomic E-state index is 11.4. The molecule has 1 unspecified atom stereocenters. The molecule has 1 amide bonds. The van der Waals surface area contributed by atoms with Crippen molar-refractivity contribution in [2.45, 2.75) is 44.6 Å². The van der Waals surface area contributed by atoms with Gasteiger partial charge >= 0.3 is 0 Å². The van der Waals surface area contributed by atoms with E-state index in [1.807, 2.05) is 54.6 Å². The van der Waals surface area contributed by atoms with Crippen LogP contribution in [-0.2, 0) is 6.61 Å². The van der Waals surface area contributed by atoms with Gasteiger partial charge in [0.25, 0.3) is 0 Å². The number of aromatic nitrogens is 1. The molecule has 4 nitrogen and oxygen atoms in total. The van der Waals surface area contributed by atoms with Crippen molar-refractivity contribution in [1.82, 2.24) is 4.98 Å². The molecule has 2 N–H and O–H groups in total. The molecule has 2 aromatic carbocycles. The molecule has 1 heterocycles. The molecule has 1 aliphatic rings. The topological polar surface area (TPSA) is 65.2 Å². The average molecular weight is 401 g/mol. The largest absolute Gasteiger partial charge is 0.487 e. The normalized spacial score (nSPS) is 15.1. The Morgan fingerprint density at radius 2 is 1.63 bits per heavy atom. The maximum Gasteiger partial charge on any atom is 0.248 e. The summed E-state index contributed by atoms with van der Waals surface area (Å²) >= 11 is 0. The summed E-state index contributed by atoms with van der Waals surface area (Å²) in [7, 11) is 0. The number of carbonyl (C=O) groups is 1. The van der Waals surface area contributed by atoms with E-state index in [9.17, 15) is 4.79 Å². The second kappa shape index (κ2) is 9.57. The highest BCUT2D eigenvalue weighted by molar-refractivity contribution is 5.92. The van der Waals surface area contributed by atoms with Gasteiger partial charge in [-0.15, -0.1) is 0 Å². The Balaban J connectivity index is 1.51. The Labute approximate surface area is 178 Å². The first kappa shape index (κ1) is 20.1. The lowest BCUT2D eigenvalue weighted by molar-refractivity contribution is 0.100. The SMILES string of the molecule is NC(=O)c1ccc(C(CC2CCCC2)c2ccc(OCc3ccccn3)cc2)cc1. The minimum atomic E-state index is -0.386. The number of nitrogens with zero attached hydrogens (tertiary/aromatic N) is 1. The molecular formula is C26H28N2O2. The van der Waals surface area contributed by atoms with Crippen molar-refractivity contribution in [2.24, 2.45) is 11.7 Å². The Bertz CT molecular complexity index is 947. The van der Waals surface area contributed by atoms with Crippen LogP contribution in [0.15, 0.2) is 72.9 Å². The van der Waals surface area contributed by atoms with Crippen LogP contribution in [0.1, 0.15) is 65.2 Å². The molecule has 1 fully saturated rings. The van der Waals surface area contributed by atoms with E-state index in [2.05, 4.69) is 17.1 Å². The van der Waals surface area contributed by atoms with Gasteiger partial charge in [-0.1, -0.05) is 56.0 Å². The van der Waals surface area contributed by atoms with E-state index in [0.29, 0.717) is 18.1 Å². The van der Waals surface area contributed by atoms with E-state index < -0.39 is 0 Å². The van der Waals surface area contributed by atoms with Crippen molar-refractivity contribution < 1.29 is 9.53 Å². The van der Waals surface area contributed by atoms with Crippen molar-refractivity contribution in [1.29, 1.82) is 0 Å². The number of amides is 1. The van der Waals surface area contributed by atoms with Crippen molar-refractivity contribution in [2.75, 3.05) is 0 Å². The molecule has 30 heavy (non-hydrogen) atoms. The Hall–Kier alpha value is -3.14. The summed E-state index contributed by atoms with van der Waals surface area (Å²) < 4.78 is 5.89. The fraction of sp³-hybridized carbons (Fsp3) is 0.308. The summed E-state index contributed by atoms with van der Waals surface area (Å²) in [5.74, 6) is 1.52. The molecule has 3 aromatic rings. The van der Waals surface area contributed by atoms with Crippen LogP contribution in [0.5, 0.6) is 5.75 Å². The smallest absolute Gasteiger partial charge is 0.248 e. The van der Waals surface area contributed by atoms with E-state index in [4.69, 9.17) is 10.5 Å². The number of primary amides is 1. The summed E-state index contributed by atoms with van der Waals surface area (Å²) in [5.41, 5.74) is 9.39. The van der Waals surface area contributed by atoms with Crippen LogP contribution in [0.4, 0.5) is 0 Å². The monoisotopic (exact) mass is 400 g/mol. The molecule has 154 valence electrons. The first-order valence-corrected chi connectivity index (χ1v) is 10.7. The van der Waals surface area contributed by atoms with Gasteiger partial charge in [-0.05, 0) is 59.9 Å². The predicted octanol–water partition coefficient (Wildman–Crippen LogP) is 5.47. The number of rotatable bonds is 8. The highest BCUT2D eigenvalue weighted by atomic mass is 16.5. The molecule has 0 spiro atoms. The van der Waals surface area contributed by atoms with Crippen molar-refractivity contribution in [3.63, 3.8) is 0 Å². The van der Waals surface area contributed by atoms with Crippen LogP contribution >= 0.6 is 0 Å². The van der Waals surface area contributed by atoms with Crippen molar-refractivity contribution in [3.05, 3.63) is 95.3 Å². The summed E-state index contributed by atoms with van der Waals surface area (Å²) in [5, 5.41) is 0. The predicted molar refractivity (Wildman–Crippen MR) is 118 cm³/mol. The minimum absolute atomic E-state index is 0.305. The Morgan fingerprint density at radius 3 is 2.23 bits per heavy atom. The van der Waals surface area contributed by atoms with Gasteiger partial charge in [-0.3, -0.25) is 9.78 Å². The number of ether oxygens (including phenoxy) is 1. The van der Waals surface area contributed by atoms with Gasteiger partial charge in [0.05, 0.1) is 5.69 Å². The molecule has 4 heteroatoms. The number of nitrogens with two attached hydrogens (primary N) is 1. The fourth-order valence-electron chi connectivity index (χ4n) is 4.36. The molecule has 1 aromatic heterocycles. The number of carbonyl (C=O) groups excluding carboxylic acids is 1. The number of hydrogen-bond acceptors (Lipinski definition) is 3. The zero-order chi connectivity index (χ0) is 20.8. The number of benzene rings is 2. The summed E-state index contributed by atoms with van der Waals surface area (Å²) in [6.07, 6.45) is 8.18. The molecular weight excluding hydrogens is 372 g/mol. The molecule has 1 saturated carbocycles. The molecule has 1 aliphatic carbocycles. The molecule has 4 rings (SSSR count). The molecule has 0 saturated heterocycles. The Morgan fingerprint density at radius 1 is 0.967 bits per heavy atom. The van der Waals surface area contributed by atoms with E-state index in [0.717, 1.165) is 23.8 Å². The molecule has 0 aliphatic heterocycles. The standard InChI is InChI=1S/C26H28N2O2/c27-26(29)22-10-8-20(9-11-22)25(17-19-5-1-2-6-19)21-12-14-24(15-13-21)30-18-23-7-3-4-16-28-23/h3-4,7-16,19,25H,1-2,5-6,17-18H2,(H2,27,29). The zero-order valence-corrected chi connectivity index (χ0v) is 17.2. The first-order valence-electron chi connectivity index (χ1n) is 10.7. The van der Waals surface area contributed by atoms with Gasteiger partial charge in [0.2, 0.25) is 5.91 Å². The van der Waals surface area contributed by atoms with E-state index in [-0.39, 0.29) is 5.91 Å². The third kappa shape index (κ3) is 5.07. The van der Waals surface area contributed by atoms with Crippen LogP contribution in [0.25, 0.3) is 0 Å². The van der Waals surface area contributed by atoms with Crippen molar-refractivity contribution >= 4 is 5.91 Å². The van der Waals surface area contributed by atoms with Gasteiger partial charge in [0.15, 0.2) is 0 Å². The second-order valence-electron chi connectivity index (χ2n) is 8.10. The van der Waals surface area contributed by atoms with Gasteiger partial charge in [0.1, 0.15) is 12.4 Å². The average Bonchev–Trinajstić information content (AvgIpc) is 3.31. The van der Waals surface area contributed by atoms with E-state index >= 15 is 0 Å². The minimum Gasteiger partial charge on any atom is -0.487 e. The van der Waals surface area contributed by atoms with Crippen LogP contribution in [-0.4, -0.2) is 10.9 Å². The lowest BCUT2D eigenvalue weighted by atomic mass is 9.83. The van der Waals surface area contributed by atoms with Gasteiger partial charge in [-0.2, -0.15) is 0 Å². The zero-order valence-electron chi connectivity index (χ0n) is 17.2. The quantitative estimate of drug-likeness (QED) is 0.545. The van der Waals surface area contributed by atoms with Crippen LogP contribution in [0.3, 0.4) is 0 Å². The Kier molecular flexibility index (Phi) is 6.43. The highest BCUT2D eigenvalue weighted by Gasteiger charge is 2.23. The van der Waals surface area contributed by atoms with Gasteiger partial charge in [0, 0.05) is 17.7 Å². The van der Waals surface area contributed by atoms with Crippen LogP contribution in [0.2, 0.25) is 0 Å². The summed E-state index contributed by atoms with van der Waals surface area (Å²) in [4.78, 5) is 15.7. The first-order chi connectivity index (χ1) is 14.7. The number of pyridine rings is 1. The fourth-order valence-corrected chi connectivity index (χ4v) is 4.36. The van der Waals surface area contributed by atoms with Crippen LogP contribution < -0.4 is 10.5 Å². The number of hydrogen-bond donors (Lipinski definition) is 1. The summed E-state index contributed by atoms with van der Waals surface area (Å²) in [6.45, 7) is 0.459. The molecule has 0 radical (unpaired) electrons.